The van der Waals surface area contributed by atoms with Gasteiger partial charge in [-0.15, -0.1) is 0 Å². The van der Waals surface area contributed by atoms with Gasteiger partial charge in [0.2, 0.25) is 0 Å². The molecule has 0 aliphatic carbocycles. The van der Waals surface area contributed by atoms with Gasteiger partial charge in [0.15, 0.2) is 0 Å². The molecule has 0 saturated carbocycles. The third-order valence-corrected chi connectivity index (χ3v) is 5.09. The number of methoxy groups -OCH3 is 1. The van der Waals surface area contributed by atoms with Crippen LogP contribution in [0.3, 0.4) is 0 Å². The monoisotopic (exact) mass is 318 g/mol. The zero-order valence-electron chi connectivity index (χ0n) is 15.8. The van der Waals surface area contributed by atoms with Gasteiger partial charge in [0.05, 0.1) is 7.11 Å². The molecule has 0 radical (unpaired) electrons. The second-order valence-corrected chi connectivity index (χ2v) is 7.43. The van der Waals surface area contributed by atoms with Crippen molar-refractivity contribution in [3.63, 3.8) is 0 Å². The molecule has 1 aliphatic rings. The summed E-state index contributed by atoms with van der Waals surface area (Å²) < 4.78 is 5.70. The van der Waals surface area contributed by atoms with E-state index >= 15 is 0 Å². The molecular formula is C20H34N2O. The number of anilines is 1. The zero-order chi connectivity index (χ0) is 17.0. The van der Waals surface area contributed by atoms with Crippen molar-refractivity contribution in [2.75, 3.05) is 25.1 Å². The Morgan fingerprint density at radius 2 is 2.04 bits per heavy atom. The SMILES string of the molecule is CCCCN1c2cc(OC)c(CNCC)cc2[C@@H](C)CC1(C)C. The molecule has 2 rings (SSSR count). The normalized spacial score (nSPS) is 19.6. The molecule has 0 spiro atoms. The maximum Gasteiger partial charge on any atom is 0.125 e. The first-order chi connectivity index (χ1) is 10.9. The van der Waals surface area contributed by atoms with Crippen LogP contribution in [0.2, 0.25) is 0 Å². The van der Waals surface area contributed by atoms with E-state index in [4.69, 9.17) is 4.74 Å². The second kappa shape index (κ2) is 7.57. The van der Waals surface area contributed by atoms with E-state index in [9.17, 15) is 0 Å². The largest absolute Gasteiger partial charge is 0.496 e. The minimum absolute atomic E-state index is 0.204. The predicted octanol–water partition coefficient (Wildman–Crippen LogP) is 4.70. The molecule has 1 aromatic rings. The second-order valence-electron chi connectivity index (χ2n) is 7.43. The molecule has 1 atom stereocenters. The molecule has 1 heterocycles. The Bertz CT molecular complexity index is 525. The van der Waals surface area contributed by atoms with Crippen LogP contribution in [-0.2, 0) is 6.54 Å². The van der Waals surface area contributed by atoms with Gasteiger partial charge in [0, 0.05) is 35.9 Å². The van der Waals surface area contributed by atoms with Crippen molar-refractivity contribution >= 4 is 5.69 Å². The summed E-state index contributed by atoms with van der Waals surface area (Å²) in [6, 6.07) is 4.64. The topological polar surface area (TPSA) is 24.5 Å². The van der Waals surface area contributed by atoms with E-state index in [1.807, 2.05) is 0 Å². The molecule has 3 heteroatoms. The van der Waals surface area contributed by atoms with Gasteiger partial charge in [-0.25, -0.2) is 0 Å². The minimum Gasteiger partial charge on any atom is -0.496 e. The van der Waals surface area contributed by atoms with Crippen molar-refractivity contribution in [3.8, 4) is 5.75 Å². The van der Waals surface area contributed by atoms with Crippen molar-refractivity contribution < 1.29 is 4.74 Å². The Balaban J connectivity index is 2.46. The molecule has 3 nitrogen and oxygen atoms in total. The molecule has 23 heavy (non-hydrogen) atoms. The summed E-state index contributed by atoms with van der Waals surface area (Å²) in [4.78, 5) is 2.60. The van der Waals surface area contributed by atoms with Crippen LogP contribution in [0.5, 0.6) is 5.75 Å². The molecule has 0 saturated heterocycles. The van der Waals surface area contributed by atoms with Crippen LogP contribution in [0.1, 0.15) is 70.9 Å². The fraction of sp³-hybridized carbons (Fsp3) is 0.700. The molecule has 0 aromatic heterocycles. The number of nitrogens with one attached hydrogen (secondary N) is 1. The summed E-state index contributed by atoms with van der Waals surface area (Å²) in [7, 11) is 1.78. The van der Waals surface area contributed by atoms with E-state index in [0.29, 0.717) is 5.92 Å². The molecule has 130 valence electrons. The third kappa shape index (κ3) is 3.82. The molecular weight excluding hydrogens is 284 g/mol. The van der Waals surface area contributed by atoms with Gasteiger partial charge in [-0.05, 0) is 50.8 Å². The standard InChI is InChI=1S/C20H34N2O/c1-7-9-10-22-18-12-19(23-6)16(14-21-8-2)11-17(18)15(3)13-20(22,4)5/h11-12,15,21H,7-10,13-14H2,1-6H3/t15-/m0/s1. The highest BCUT2D eigenvalue weighted by Crippen LogP contribution is 2.45. The summed E-state index contributed by atoms with van der Waals surface area (Å²) >= 11 is 0. The van der Waals surface area contributed by atoms with Gasteiger partial charge in [0.1, 0.15) is 5.75 Å². The van der Waals surface area contributed by atoms with E-state index in [0.717, 1.165) is 25.4 Å². The van der Waals surface area contributed by atoms with Gasteiger partial charge in [-0.3, -0.25) is 0 Å². The number of rotatable bonds is 7. The van der Waals surface area contributed by atoms with Crippen LogP contribution < -0.4 is 15.0 Å². The molecule has 1 N–H and O–H groups in total. The Kier molecular flexibility index (Phi) is 5.96. The highest BCUT2D eigenvalue weighted by atomic mass is 16.5. The van der Waals surface area contributed by atoms with Gasteiger partial charge in [-0.1, -0.05) is 27.2 Å². The molecule has 0 bridgehead atoms. The number of unbranched alkanes of at least 4 members (excludes halogenated alkanes) is 1. The lowest BCUT2D eigenvalue weighted by atomic mass is 9.79. The fourth-order valence-electron chi connectivity index (χ4n) is 3.88. The molecule has 1 aliphatic heterocycles. The highest BCUT2D eigenvalue weighted by molar-refractivity contribution is 5.64. The number of ether oxygens (including phenoxy) is 1. The summed E-state index contributed by atoms with van der Waals surface area (Å²) in [5.74, 6) is 1.60. The third-order valence-electron chi connectivity index (χ3n) is 5.09. The first-order valence-corrected chi connectivity index (χ1v) is 9.13. The van der Waals surface area contributed by atoms with Crippen molar-refractivity contribution in [1.82, 2.24) is 5.32 Å². The Morgan fingerprint density at radius 3 is 2.65 bits per heavy atom. The molecule has 1 aromatic carbocycles. The Hall–Kier alpha value is -1.22. The van der Waals surface area contributed by atoms with Crippen molar-refractivity contribution in [2.24, 2.45) is 0 Å². The van der Waals surface area contributed by atoms with Crippen molar-refractivity contribution in [2.45, 2.75) is 71.9 Å². The Labute approximate surface area is 142 Å². The first kappa shape index (κ1) is 18.1. The summed E-state index contributed by atoms with van der Waals surface area (Å²) in [6.45, 7) is 14.5. The smallest absolute Gasteiger partial charge is 0.125 e. The molecule has 0 amide bonds. The van der Waals surface area contributed by atoms with Crippen LogP contribution in [0.25, 0.3) is 0 Å². The van der Waals surface area contributed by atoms with E-state index in [1.54, 1.807) is 7.11 Å². The Morgan fingerprint density at radius 1 is 1.30 bits per heavy atom. The van der Waals surface area contributed by atoms with E-state index < -0.39 is 0 Å². The lowest BCUT2D eigenvalue weighted by Crippen LogP contribution is -2.48. The number of nitrogens with zero attached hydrogens (tertiary/aromatic N) is 1. The van der Waals surface area contributed by atoms with Gasteiger partial charge < -0.3 is 15.0 Å². The van der Waals surface area contributed by atoms with Crippen molar-refractivity contribution in [1.29, 1.82) is 0 Å². The lowest BCUT2D eigenvalue weighted by Gasteiger charge is -2.48. The van der Waals surface area contributed by atoms with E-state index in [2.05, 4.69) is 57.0 Å². The fourth-order valence-corrected chi connectivity index (χ4v) is 3.88. The lowest BCUT2D eigenvalue weighted by molar-refractivity contribution is 0.369. The zero-order valence-corrected chi connectivity index (χ0v) is 15.8. The van der Waals surface area contributed by atoms with Crippen LogP contribution in [0, 0.1) is 0 Å². The average molecular weight is 319 g/mol. The van der Waals surface area contributed by atoms with Gasteiger partial charge >= 0.3 is 0 Å². The summed E-state index contributed by atoms with van der Waals surface area (Å²) in [5, 5.41) is 3.43. The van der Waals surface area contributed by atoms with Gasteiger partial charge in [0.25, 0.3) is 0 Å². The van der Waals surface area contributed by atoms with Crippen molar-refractivity contribution in [3.05, 3.63) is 23.3 Å². The van der Waals surface area contributed by atoms with Crippen LogP contribution in [-0.4, -0.2) is 25.7 Å². The number of hydrogen-bond acceptors (Lipinski definition) is 3. The number of benzene rings is 1. The summed E-state index contributed by atoms with van der Waals surface area (Å²) in [6.07, 6.45) is 3.67. The van der Waals surface area contributed by atoms with Crippen LogP contribution >= 0.6 is 0 Å². The summed E-state index contributed by atoms with van der Waals surface area (Å²) in [5.41, 5.74) is 4.33. The maximum atomic E-state index is 5.70. The molecule has 0 fully saturated rings. The molecule has 0 unspecified atom stereocenters. The quantitative estimate of drug-likeness (QED) is 0.789. The van der Waals surface area contributed by atoms with E-state index in [1.165, 1.54) is 36.1 Å². The minimum atomic E-state index is 0.204. The predicted molar refractivity (Wildman–Crippen MR) is 99.7 cm³/mol. The average Bonchev–Trinajstić information content (AvgIpc) is 2.51. The van der Waals surface area contributed by atoms with Crippen LogP contribution in [0.4, 0.5) is 5.69 Å². The number of hydrogen-bond donors (Lipinski definition) is 1. The van der Waals surface area contributed by atoms with E-state index in [-0.39, 0.29) is 5.54 Å². The van der Waals surface area contributed by atoms with Crippen LogP contribution in [0.15, 0.2) is 12.1 Å². The highest BCUT2D eigenvalue weighted by Gasteiger charge is 2.36. The maximum absolute atomic E-state index is 5.70. The van der Waals surface area contributed by atoms with Gasteiger partial charge in [-0.2, -0.15) is 0 Å². The number of fused-ring (bicyclic) bond motifs is 1. The first-order valence-electron chi connectivity index (χ1n) is 9.13.